The topological polar surface area (TPSA) is 12.0 Å². The second-order valence-electron chi connectivity index (χ2n) is 4.81. The van der Waals surface area contributed by atoms with Gasteiger partial charge in [0.05, 0.1) is 0 Å². The first kappa shape index (κ1) is 15.1. The Labute approximate surface area is 126 Å². The highest BCUT2D eigenvalue weighted by atomic mass is 79.9. The molecule has 0 aliphatic heterocycles. The van der Waals surface area contributed by atoms with Crippen LogP contribution in [0.4, 0.5) is 8.78 Å². The third kappa shape index (κ3) is 3.44. The van der Waals surface area contributed by atoms with Gasteiger partial charge in [-0.3, -0.25) is 0 Å². The lowest BCUT2D eigenvalue weighted by atomic mass is 10.0. The lowest BCUT2D eigenvalue weighted by Crippen LogP contribution is -2.23. The van der Waals surface area contributed by atoms with Crippen molar-refractivity contribution in [1.82, 2.24) is 5.32 Å². The molecule has 0 fully saturated rings. The van der Waals surface area contributed by atoms with Crippen LogP contribution >= 0.6 is 15.9 Å². The van der Waals surface area contributed by atoms with Crippen LogP contribution in [0.1, 0.15) is 37.1 Å². The van der Waals surface area contributed by atoms with Gasteiger partial charge in [0.25, 0.3) is 0 Å². The molecule has 2 aromatic rings. The lowest BCUT2D eigenvalue weighted by molar-refractivity contribution is 0.449. The summed E-state index contributed by atoms with van der Waals surface area (Å²) in [5, 5.41) is 3.28. The molecule has 0 aromatic heterocycles. The van der Waals surface area contributed by atoms with Gasteiger partial charge in [-0.05, 0) is 37.6 Å². The fourth-order valence-electron chi connectivity index (χ4n) is 2.19. The summed E-state index contributed by atoms with van der Waals surface area (Å²) < 4.78 is 28.0. The van der Waals surface area contributed by atoms with Gasteiger partial charge in [-0.25, -0.2) is 8.78 Å². The molecular formula is C16H16BrF2N. The summed E-state index contributed by atoms with van der Waals surface area (Å²) in [4.78, 5) is 0. The molecule has 20 heavy (non-hydrogen) atoms. The van der Waals surface area contributed by atoms with E-state index in [-0.39, 0.29) is 12.1 Å². The van der Waals surface area contributed by atoms with Crippen molar-refractivity contribution in [1.29, 1.82) is 0 Å². The minimum absolute atomic E-state index is 0.0326. The van der Waals surface area contributed by atoms with Crippen LogP contribution < -0.4 is 5.32 Å². The molecule has 1 unspecified atom stereocenters. The lowest BCUT2D eigenvalue weighted by Gasteiger charge is -2.21. The second-order valence-corrected chi connectivity index (χ2v) is 5.72. The van der Waals surface area contributed by atoms with Crippen LogP contribution in [0.5, 0.6) is 0 Å². The van der Waals surface area contributed by atoms with Gasteiger partial charge in [-0.1, -0.05) is 40.2 Å². The third-order valence-corrected chi connectivity index (χ3v) is 3.79. The summed E-state index contributed by atoms with van der Waals surface area (Å²) in [5.41, 5.74) is 1.43. The number of halogens is 3. The molecule has 0 heterocycles. The van der Waals surface area contributed by atoms with Gasteiger partial charge in [0.15, 0.2) is 11.6 Å². The van der Waals surface area contributed by atoms with Gasteiger partial charge in [0.2, 0.25) is 0 Å². The highest BCUT2D eigenvalue weighted by molar-refractivity contribution is 9.10. The monoisotopic (exact) mass is 339 g/mol. The van der Waals surface area contributed by atoms with Gasteiger partial charge >= 0.3 is 0 Å². The number of hydrogen-bond donors (Lipinski definition) is 1. The Kier molecular flexibility index (Phi) is 4.89. The highest BCUT2D eigenvalue weighted by Crippen LogP contribution is 2.24. The molecule has 0 aliphatic carbocycles. The Bertz CT molecular complexity index is 601. The maximum Gasteiger partial charge on any atom is 0.163 e. The summed E-state index contributed by atoms with van der Waals surface area (Å²) >= 11 is 3.43. The van der Waals surface area contributed by atoms with E-state index in [0.717, 1.165) is 16.1 Å². The van der Waals surface area contributed by atoms with E-state index >= 15 is 0 Å². The largest absolute Gasteiger partial charge is 0.304 e. The second kappa shape index (κ2) is 6.46. The molecule has 4 heteroatoms. The van der Waals surface area contributed by atoms with Gasteiger partial charge in [-0.2, -0.15) is 0 Å². The third-order valence-electron chi connectivity index (χ3n) is 3.30. The van der Waals surface area contributed by atoms with Gasteiger partial charge < -0.3 is 5.32 Å². The molecular weight excluding hydrogens is 324 g/mol. The van der Waals surface area contributed by atoms with Crippen molar-refractivity contribution < 1.29 is 8.78 Å². The molecule has 0 amide bonds. The first-order valence-corrected chi connectivity index (χ1v) is 7.23. The molecule has 2 atom stereocenters. The van der Waals surface area contributed by atoms with Crippen LogP contribution in [0, 0.1) is 11.6 Å². The van der Waals surface area contributed by atoms with Gasteiger partial charge in [0.1, 0.15) is 0 Å². The van der Waals surface area contributed by atoms with Crippen molar-refractivity contribution in [3.63, 3.8) is 0 Å². The van der Waals surface area contributed by atoms with E-state index in [1.807, 2.05) is 38.1 Å². The van der Waals surface area contributed by atoms with Gasteiger partial charge in [-0.15, -0.1) is 0 Å². The summed E-state index contributed by atoms with van der Waals surface area (Å²) in [5.74, 6) is -1.60. The SMILES string of the molecule is CC(N[C@H](C)c1cccc(Br)c1)c1cccc(F)c1F. The van der Waals surface area contributed by atoms with Gasteiger partial charge in [0, 0.05) is 22.1 Å². The van der Waals surface area contributed by atoms with Crippen molar-refractivity contribution in [2.75, 3.05) is 0 Å². The number of benzene rings is 2. The van der Waals surface area contributed by atoms with Crippen LogP contribution in [0.15, 0.2) is 46.9 Å². The highest BCUT2D eigenvalue weighted by Gasteiger charge is 2.16. The average Bonchev–Trinajstić information content (AvgIpc) is 2.41. The van der Waals surface area contributed by atoms with Crippen LogP contribution in [-0.4, -0.2) is 0 Å². The average molecular weight is 340 g/mol. The smallest absolute Gasteiger partial charge is 0.163 e. The van der Waals surface area contributed by atoms with E-state index in [0.29, 0.717) is 5.56 Å². The summed E-state index contributed by atoms with van der Waals surface area (Å²) in [7, 11) is 0. The fraction of sp³-hybridized carbons (Fsp3) is 0.250. The van der Waals surface area contributed by atoms with E-state index in [2.05, 4.69) is 21.2 Å². The van der Waals surface area contributed by atoms with Crippen molar-refractivity contribution in [2.24, 2.45) is 0 Å². The Morgan fingerprint density at radius 2 is 1.70 bits per heavy atom. The minimum Gasteiger partial charge on any atom is -0.304 e. The zero-order valence-electron chi connectivity index (χ0n) is 11.3. The first-order valence-electron chi connectivity index (χ1n) is 6.44. The predicted octanol–water partition coefficient (Wildman–Crippen LogP) is 5.14. The molecule has 0 saturated heterocycles. The standard InChI is InChI=1S/C16H16BrF2N/c1-10(12-5-3-6-13(17)9-12)20-11(2)14-7-4-8-15(18)16(14)19/h3-11,20H,1-2H3/t10-,11?/m1/s1. The molecule has 2 aromatic carbocycles. The zero-order chi connectivity index (χ0) is 14.7. The van der Waals surface area contributed by atoms with Crippen LogP contribution in [0.25, 0.3) is 0 Å². The number of rotatable bonds is 4. The summed E-state index contributed by atoms with van der Waals surface area (Å²) in [6, 6.07) is 11.9. The Morgan fingerprint density at radius 1 is 1.00 bits per heavy atom. The zero-order valence-corrected chi connectivity index (χ0v) is 12.9. The minimum atomic E-state index is -0.814. The summed E-state index contributed by atoms with van der Waals surface area (Å²) in [6.07, 6.45) is 0. The van der Waals surface area contributed by atoms with Crippen LogP contribution in [-0.2, 0) is 0 Å². The Balaban J connectivity index is 2.15. The van der Waals surface area contributed by atoms with E-state index in [9.17, 15) is 8.78 Å². The van der Waals surface area contributed by atoms with Crippen molar-refractivity contribution >= 4 is 15.9 Å². The first-order chi connectivity index (χ1) is 9.49. The fourth-order valence-corrected chi connectivity index (χ4v) is 2.61. The molecule has 0 aliphatic rings. The van der Waals surface area contributed by atoms with Crippen molar-refractivity contribution in [3.8, 4) is 0 Å². The molecule has 2 rings (SSSR count). The normalized spacial score (nSPS) is 14.1. The van der Waals surface area contributed by atoms with E-state index in [1.165, 1.54) is 6.07 Å². The van der Waals surface area contributed by atoms with Crippen LogP contribution in [0.3, 0.4) is 0 Å². The van der Waals surface area contributed by atoms with E-state index in [1.54, 1.807) is 6.07 Å². The number of hydrogen-bond acceptors (Lipinski definition) is 1. The predicted molar refractivity (Wildman–Crippen MR) is 80.5 cm³/mol. The number of nitrogens with one attached hydrogen (secondary N) is 1. The van der Waals surface area contributed by atoms with E-state index in [4.69, 9.17) is 0 Å². The van der Waals surface area contributed by atoms with Crippen molar-refractivity contribution in [3.05, 3.63) is 69.7 Å². The van der Waals surface area contributed by atoms with Crippen molar-refractivity contribution in [2.45, 2.75) is 25.9 Å². The molecule has 0 radical (unpaired) electrons. The molecule has 0 saturated carbocycles. The molecule has 1 N–H and O–H groups in total. The quantitative estimate of drug-likeness (QED) is 0.813. The van der Waals surface area contributed by atoms with E-state index < -0.39 is 11.6 Å². The summed E-state index contributed by atoms with van der Waals surface area (Å²) in [6.45, 7) is 3.82. The maximum absolute atomic E-state index is 13.7. The maximum atomic E-state index is 13.7. The molecule has 0 spiro atoms. The molecule has 0 bridgehead atoms. The Hall–Kier alpha value is -1.26. The Morgan fingerprint density at radius 3 is 2.40 bits per heavy atom. The van der Waals surface area contributed by atoms with Crippen LogP contribution in [0.2, 0.25) is 0 Å². The molecule has 106 valence electrons. The molecule has 1 nitrogen and oxygen atoms in total.